The highest BCUT2D eigenvalue weighted by Crippen LogP contribution is 2.13. The zero-order valence-electron chi connectivity index (χ0n) is 9.95. The molecule has 88 valence electrons. The van der Waals surface area contributed by atoms with Crippen LogP contribution >= 0.6 is 0 Å². The molecule has 1 aliphatic rings. The van der Waals surface area contributed by atoms with Crippen LogP contribution in [0.15, 0.2) is 0 Å². The van der Waals surface area contributed by atoms with Crippen LogP contribution in [-0.2, 0) is 9.63 Å². The van der Waals surface area contributed by atoms with Crippen molar-refractivity contribution in [2.45, 2.75) is 44.6 Å². The Morgan fingerprint density at radius 2 is 2.20 bits per heavy atom. The van der Waals surface area contributed by atoms with Crippen molar-refractivity contribution in [3.63, 3.8) is 0 Å². The number of hydrogen-bond acceptors (Lipinski definition) is 3. The van der Waals surface area contributed by atoms with E-state index in [9.17, 15) is 4.79 Å². The molecule has 1 aliphatic heterocycles. The van der Waals surface area contributed by atoms with E-state index >= 15 is 0 Å². The Balaban J connectivity index is 2.29. The minimum atomic E-state index is -1.07. The van der Waals surface area contributed by atoms with Crippen LogP contribution in [0.3, 0.4) is 0 Å². The van der Waals surface area contributed by atoms with Gasteiger partial charge in [0.1, 0.15) is 0 Å². The molecule has 0 radical (unpaired) electrons. The lowest BCUT2D eigenvalue weighted by Gasteiger charge is -2.30. The molecule has 5 heteroatoms. The molecule has 0 aromatic carbocycles. The van der Waals surface area contributed by atoms with Crippen molar-refractivity contribution in [2.24, 2.45) is 5.73 Å². The van der Waals surface area contributed by atoms with E-state index < -0.39 is 8.07 Å². The normalized spacial score (nSPS) is 23.3. The second-order valence-corrected chi connectivity index (χ2v) is 11.0. The Hall–Kier alpha value is -0.393. The maximum atomic E-state index is 11.6. The number of piperidine rings is 1. The first-order chi connectivity index (χ1) is 6.90. The fourth-order valence-electron chi connectivity index (χ4n) is 1.46. The smallest absolute Gasteiger partial charge is 0.263 e. The molecule has 0 aromatic heterocycles. The van der Waals surface area contributed by atoms with Gasteiger partial charge in [-0.15, -0.1) is 0 Å². The van der Waals surface area contributed by atoms with Crippen LogP contribution in [0.2, 0.25) is 25.7 Å². The van der Waals surface area contributed by atoms with Crippen LogP contribution in [0, 0.1) is 0 Å². The summed E-state index contributed by atoms with van der Waals surface area (Å²) >= 11 is 0. The maximum absolute atomic E-state index is 11.6. The Kier molecular flexibility index (Phi) is 4.30. The van der Waals surface area contributed by atoms with Gasteiger partial charge in [0.15, 0.2) is 0 Å². The number of hydrogen-bond donors (Lipinski definition) is 1. The van der Waals surface area contributed by atoms with Gasteiger partial charge in [-0.1, -0.05) is 19.6 Å². The van der Waals surface area contributed by atoms with E-state index in [1.165, 1.54) is 5.06 Å². The number of amides is 1. The van der Waals surface area contributed by atoms with E-state index in [4.69, 9.17) is 10.6 Å². The molecule has 0 spiro atoms. The summed E-state index contributed by atoms with van der Waals surface area (Å²) in [5.74, 6) is -0.0585. The quantitative estimate of drug-likeness (QED) is 0.739. The van der Waals surface area contributed by atoms with E-state index in [-0.39, 0.29) is 11.9 Å². The minimum Gasteiger partial charge on any atom is -0.320 e. The molecule has 1 fully saturated rings. The lowest BCUT2D eigenvalue weighted by molar-refractivity contribution is -0.191. The molecule has 1 heterocycles. The second kappa shape index (κ2) is 5.09. The van der Waals surface area contributed by atoms with Crippen molar-refractivity contribution in [3.8, 4) is 0 Å². The van der Waals surface area contributed by atoms with Crippen LogP contribution in [0.5, 0.6) is 0 Å². The van der Waals surface area contributed by atoms with Gasteiger partial charge in [-0.25, -0.2) is 5.06 Å². The summed E-state index contributed by atoms with van der Waals surface area (Å²) in [6.45, 7) is 8.22. The lowest BCUT2D eigenvalue weighted by Crippen LogP contribution is -2.48. The highest BCUT2D eigenvalue weighted by atomic mass is 28.3. The van der Waals surface area contributed by atoms with Crippen LogP contribution in [0.1, 0.15) is 12.8 Å². The molecule has 0 bridgehead atoms. The Bertz CT molecular complexity index is 228. The Morgan fingerprint density at radius 3 is 2.80 bits per heavy atom. The van der Waals surface area contributed by atoms with Crippen LogP contribution in [0.25, 0.3) is 0 Å². The first-order valence-electron chi connectivity index (χ1n) is 5.60. The molecule has 0 aliphatic carbocycles. The van der Waals surface area contributed by atoms with Crippen LogP contribution in [0.4, 0.5) is 0 Å². The zero-order chi connectivity index (χ0) is 11.5. The van der Waals surface area contributed by atoms with Crippen molar-refractivity contribution in [3.05, 3.63) is 0 Å². The van der Waals surface area contributed by atoms with Gasteiger partial charge in [0.2, 0.25) is 0 Å². The van der Waals surface area contributed by atoms with Gasteiger partial charge in [-0.3, -0.25) is 9.63 Å². The summed E-state index contributed by atoms with van der Waals surface area (Å²) in [4.78, 5) is 17.0. The Morgan fingerprint density at radius 1 is 1.53 bits per heavy atom. The minimum absolute atomic E-state index is 0.0585. The van der Waals surface area contributed by atoms with Gasteiger partial charge in [-0.05, 0) is 18.9 Å². The third-order valence-corrected chi connectivity index (χ3v) is 4.24. The summed E-state index contributed by atoms with van der Waals surface area (Å²) in [6.07, 6.45) is 1.73. The molecule has 1 atom stereocenters. The second-order valence-electron chi connectivity index (χ2n) is 5.33. The monoisotopic (exact) mass is 230 g/mol. The van der Waals surface area contributed by atoms with E-state index in [1.54, 1.807) is 0 Å². The van der Waals surface area contributed by atoms with E-state index in [2.05, 4.69) is 19.6 Å². The van der Waals surface area contributed by atoms with Crippen LogP contribution in [-0.4, -0.2) is 38.2 Å². The van der Waals surface area contributed by atoms with E-state index in [0.717, 1.165) is 18.9 Å². The number of carbonyl (C=O) groups excluding carboxylic acids is 1. The van der Waals surface area contributed by atoms with Crippen molar-refractivity contribution in [2.75, 3.05) is 13.2 Å². The standard InChI is InChI=1S/C10H22N2O2Si/c1-15(2,3)8-7-14-12-6-4-5-9(11)10(12)13/h9H,4-8,11H2,1-3H3/t9-/m0/s1. The summed E-state index contributed by atoms with van der Waals surface area (Å²) in [5, 5.41) is 1.45. The largest absolute Gasteiger partial charge is 0.320 e. The van der Waals surface area contributed by atoms with Crippen molar-refractivity contribution < 1.29 is 9.63 Å². The molecule has 0 aromatic rings. The van der Waals surface area contributed by atoms with Gasteiger partial charge in [0.05, 0.1) is 12.6 Å². The molecule has 1 amide bonds. The third-order valence-electron chi connectivity index (χ3n) is 2.54. The first-order valence-corrected chi connectivity index (χ1v) is 9.31. The number of hydroxylamine groups is 2. The average Bonchev–Trinajstić information content (AvgIpc) is 2.10. The number of nitrogens with zero attached hydrogens (tertiary/aromatic N) is 1. The molecule has 15 heavy (non-hydrogen) atoms. The third kappa shape index (κ3) is 4.32. The van der Waals surface area contributed by atoms with Gasteiger partial charge in [-0.2, -0.15) is 0 Å². The van der Waals surface area contributed by atoms with E-state index in [0.29, 0.717) is 13.2 Å². The maximum Gasteiger partial charge on any atom is 0.263 e. The molecular weight excluding hydrogens is 208 g/mol. The van der Waals surface area contributed by atoms with Gasteiger partial charge < -0.3 is 5.73 Å². The van der Waals surface area contributed by atoms with Crippen molar-refractivity contribution >= 4 is 14.0 Å². The fraction of sp³-hybridized carbons (Fsp3) is 0.900. The SMILES string of the molecule is C[Si](C)(C)CCON1CCC[C@H](N)C1=O. The number of carbonyl (C=O) groups is 1. The fourth-order valence-corrected chi connectivity index (χ4v) is 2.17. The molecule has 0 unspecified atom stereocenters. The average molecular weight is 230 g/mol. The van der Waals surface area contributed by atoms with Gasteiger partial charge in [0.25, 0.3) is 5.91 Å². The molecule has 4 nitrogen and oxygen atoms in total. The molecule has 1 saturated heterocycles. The lowest BCUT2D eigenvalue weighted by atomic mass is 10.1. The topological polar surface area (TPSA) is 55.6 Å². The summed E-state index contributed by atoms with van der Waals surface area (Å²) in [6, 6.07) is 0.720. The van der Waals surface area contributed by atoms with Crippen molar-refractivity contribution in [1.82, 2.24) is 5.06 Å². The highest BCUT2D eigenvalue weighted by molar-refractivity contribution is 6.76. The molecule has 1 rings (SSSR count). The summed E-state index contributed by atoms with van der Waals surface area (Å²) in [5.41, 5.74) is 5.66. The van der Waals surface area contributed by atoms with Crippen LogP contribution < -0.4 is 5.73 Å². The summed E-state index contributed by atoms with van der Waals surface area (Å²) in [7, 11) is -1.07. The Labute approximate surface area is 92.7 Å². The first kappa shape index (κ1) is 12.7. The zero-order valence-corrected chi connectivity index (χ0v) is 11.0. The van der Waals surface area contributed by atoms with E-state index in [1.807, 2.05) is 0 Å². The number of rotatable bonds is 4. The molecule has 0 saturated carbocycles. The predicted octanol–water partition coefficient (Wildman–Crippen LogP) is 1.21. The molecular formula is C10H22N2O2Si. The highest BCUT2D eigenvalue weighted by Gasteiger charge is 2.26. The molecule has 2 N–H and O–H groups in total. The summed E-state index contributed by atoms with van der Waals surface area (Å²) < 4.78 is 0. The van der Waals surface area contributed by atoms with Gasteiger partial charge in [0, 0.05) is 14.6 Å². The number of nitrogens with two attached hydrogens (primary N) is 1. The predicted molar refractivity (Wildman–Crippen MR) is 63.0 cm³/mol. The van der Waals surface area contributed by atoms with Gasteiger partial charge >= 0.3 is 0 Å². The van der Waals surface area contributed by atoms with Crippen molar-refractivity contribution in [1.29, 1.82) is 0 Å².